The van der Waals surface area contributed by atoms with Gasteiger partial charge in [-0.05, 0) is 12.1 Å². The minimum atomic E-state index is -0.524. The van der Waals surface area contributed by atoms with Crippen LogP contribution < -0.4 is 5.32 Å². The number of nitriles is 1. The number of hydrogen-bond donors (Lipinski definition) is 1. The summed E-state index contributed by atoms with van der Waals surface area (Å²) in [6.07, 6.45) is 1.82. The second-order valence-corrected chi connectivity index (χ2v) is 3.93. The van der Waals surface area contributed by atoms with Crippen LogP contribution in [0.5, 0.6) is 0 Å². The van der Waals surface area contributed by atoms with Gasteiger partial charge in [0, 0.05) is 25.4 Å². The Morgan fingerprint density at radius 2 is 2.32 bits per heavy atom. The quantitative estimate of drug-likeness (QED) is 0.665. The molecule has 2 aromatic rings. The molecular formula is C12H11N5O2. The van der Waals surface area contributed by atoms with Gasteiger partial charge in [-0.3, -0.25) is 14.8 Å². The zero-order chi connectivity index (χ0) is 13.8. The average Bonchev–Trinajstić information content (AvgIpc) is 2.81. The Bertz CT molecular complexity index is 656. The normalized spacial score (nSPS) is 9.89. The standard InChI is InChI=1S/C12H11N5O2/c1-16-5-4-10(15-16)8-14-12-3-2-11(17(18)19)6-9(12)7-13/h2-6,14H,8H2,1H3. The van der Waals surface area contributed by atoms with Crippen LogP contribution in [0.2, 0.25) is 0 Å². The fraction of sp³-hybridized carbons (Fsp3) is 0.167. The van der Waals surface area contributed by atoms with Crippen molar-refractivity contribution in [2.45, 2.75) is 6.54 Å². The molecular weight excluding hydrogens is 246 g/mol. The smallest absolute Gasteiger partial charge is 0.270 e. The van der Waals surface area contributed by atoms with Crippen LogP contribution >= 0.6 is 0 Å². The lowest BCUT2D eigenvalue weighted by Gasteiger charge is -2.06. The zero-order valence-electron chi connectivity index (χ0n) is 10.2. The van der Waals surface area contributed by atoms with Gasteiger partial charge < -0.3 is 5.32 Å². The SMILES string of the molecule is Cn1ccc(CNc2ccc([N+](=O)[O-])cc2C#N)n1. The van der Waals surface area contributed by atoms with Crippen molar-refractivity contribution in [3.8, 4) is 6.07 Å². The summed E-state index contributed by atoms with van der Waals surface area (Å²) >= 11 is 0. The monoisotopic (exact) mass is 257 g/mol. The molecule has 1 aromatic heterocycles. The van der Waals surface area contributed by atoms with E-state index >= 15 is 0 Å². The van der Waals surface area contributed by atoms with E-state index in [-0.39, 0.29) is 11.3 Å². The van der Waals surface area contributed by atoms with E-state index in [9.17, 15) is 10.1 Å². The van der Waals surface area contributed by atoms with Crippen molar-refractivity contribution in [3.63, 3.8) is 0 Å². The van der Waals surface area contributed by atoms with Gasteiger partial charge in [-0.2, -0.15) is 10.4 Å². The van der Waals surface area contributed by atoms with E-state index in [0.29, 0.717) is 12.2 Å². The molecule has 7 heteroatoms. The molecule has 0 aliphatic heterocycles. The summed E-state index contributed by atoms with van der Waals surface area (Å²) in [6, 6.07) is 7.93. The van der Waals surface area contributed by atoms with Crippen LogP contribution in [0.1, 0.15) is 11.3 Å². The molecule has 7 nitrogen and oxygen atoms in total. The topological polar surface area (TPSA) is 96.8 Å². The Balaban J connectivity index is 2.16. The fourth-order valence-electron chi connectivity index (χ4n) is 1.64. The van der Waals surface area contributed by atoms with E-state index in [2.05, 4.69) is 10.4 Å². The molecule has 0 radical (unpaired) electrons. The van der Waals surface area contributed by atoms with Gasteiger partial charge in [-0.25, -0.2) is 0 Å². The molecule has 0 amide bonds. The number of anilines is 1. The minimum Gasteiger partial charge on any atom is -0.378 e. The predicted molar refractivity (Wildman–Crippen MR) is 68.3 cm³/mol. The van der Waals surface area contributed by atoms with E-state index in [1.165, 1.54) is 18.2 Å². The molecule has 0 spiro atoms. The van der Waals surface area contributed by atoms with Gasteiger partial charge >= 0.3 is 0 Å². The lowest BCUT2D eigenvalue weighted by molar-refractivity contribution is -0.384. The number of aromatic nitrogens is 2. The number of benzene rings is 1. The summed E-state index contributed by atoms with van der Waals surface area (Å²) in [5.74, 6) is 0. The van der Waals surface area contributed by atoms with E-state index in [0.717, 1.165) is 5.69 Å². The van der Waals surface area contributed by atoms with Gasteiger partial charge in [-0.15, -0.1) is 0 Å². The molecule has 0 fully saturated rings. The molecule has 0 atom stereocenters. The molecule has 0 saturated carbocycles. The number of non-ortho nitro benzene ring substituents is 1. The van der Waals surface area contributed by atoms with Crippen molar-refractivity contribution in [2.75, 3.05) is 5.32 Å². The van der Waals surface area contributed by atoms with Gasteiger partial charge in [0.25, 0.3) is 5.69 Å². The van der Waals surface area contributed by atoms with Gasteiger partial charge in [-0.1, -0.05) is 0 Å². The summed E-state index contributed by atoms with van der Waals surface area (Å²) < 4.78 is 1.68. The molecule has 0 aliphatic rings. The third-order valence-corrected chi connectivity index (χ3v) is 2.56. The average molecular weight is 257 g/mol. The fourth-order valence-corrected chi connectivity index (χ4v) is 1.64. The van der Waals surface area contributed by atoms with Crippen molar-refractivity contribution < 1.29 is 4.92 Å². The molecule has 0 bridgehead atoms. The van der Waals surface area contributed by atoms with Crippen LogP contribution in [0.4, 0.5) is 11.4 Å². The largest absolute Gasteiger partial charge is 0.378 e. The number of aryl methyl sites for hydroxylation is 1. The van der Waals surface area contributed by atoms with Crippen LogP contribution in [-0.4, -0.2) is 14.7 Å². The first-order chi connectivity index (χ1) is 9.10. The van der Waals surface area contributed by atoms with Gasteiger partial charge in [0.15, 0.2) is 0 Å². The Morgan fingerprint density at radius 3 is 2.89 bits per heavy atom. The number of rotatable bonds is 4. The van der Waals surface area contributed by atoms with Gasteiger partial charge in [0.1, 0.15) is 6.07 Å². The molecule has 96 valence electrons. The van der Waals surface area contributed by atoms with Gasteiger partial charge in [0.2, 0.25) is 0 Å². The third-order valence-electron chi connectivity index (χ3n) is 2.56. The molecule has 1 N–H and O–H groups in total. The number of hydrogen-bond acceptors (Lipinski definition) is 5. The van der Waals surface area contributed by atoms with E-state index < -0.39 is 4.92 Å². The van der Waals surface area contributed by atoms with Crippen molar-refractivity contribution in [1.29, 1.82) is 5.26 Å². The van der Waals surface area contributed by atoms with E-state index in [1.807, 2.05) is 25.4 Å². The van der Waals surface area contributed by atoms with Crippen LogP contribution in [0.25, 0.3) is 0 Å². The summed E-state index contributed by atoms with van der Waals surface area (Å²) in [6.45, 7) is 0.452. The highest BCUT2D eigenvalue weighted by molar-refractivity contribution is 5.61. The van der Waals surface area contributed by atoms with Crippen molar-refractivity contribution >= 4 is 11.4 Å². The van der Waals surface area contributed by atoms with Crippen LogP contribution in [-0.2, 0) is 13.6 Å². The molecule has 0 aliphatic carbocycles. The highest BCUT2D eigenvalue weighted by Gasteiger charge is 2.10. The second kappa shape index (κ2) is 5.18. The molecule has 19 heavy (non-hydrogen) atoms. The molecule has 1 heterocycles. The Labute approximate surface area is 109 Å². The first-order valence-electron chi connectivity index (χ1n) is 5.51. The summed E-state index contributed by atoms with van der Waals surface area (Å²) in [4.78, 5) is 10.1. The first kappa shape index (κ1) is 12.6. The first-order valence-corrected chi connectivity index (χ1v) is 5.51. The Hall–Kier alpha value is -2.88. The molecule has 2 rings (SSSR count). The lowest BCUT2D eigenvalue weighted by atomic mass is 10.1. The number of nitro groups is 1. The maximum atomic E-state index is 10.6. The Morgan fingerprint density at radius 1 is 1.53 bits per heavy atom. The van der Waals surface area contributed by atoms with Crippen molar-refractivity contribution in [1.82, 2.24) is 9.78 Å². The van der Waals surface area contributed by atoms with Crippen LogP contribution in [0.3, 0.4) is 0 Å². The molecule has 1 aromatic carbocycles. The Kier molecular flexibility index (Phi) is 3.43. The van der Waals surface area contributed by atoms with Crippen molar-refractivity contribution in [3.05, 3.63) is 51.8 Å². The maximum Gasteiger partial charge on any atom is 0.270 e. The van der Waals surface area contributed by atoms with E-state index in [4.69, 9.17) is 5.26 Å². The lowest BCUT2D eigenvalue weighted by Crippen LogP contribution is -2.03. The summed E-state index contributed by atoms with van der Waals surface area (Å²) in [5.41, 5.74) is 1.52. The highest BCUT2D eigenvalue weighted by atomic mass is 16.6. The van der Waals surface area contributed by atoms with Crippen LogP contribution in [0.15, 0.2) is 30.5 Å². The minimum absolute atomic E-state index is 0.0973. The summed E-state index contributed by atoms with van der Waals surface area (Å²) in [7, 11) is 1.82. The molecule has 0 unspecified atom stereocenters. The zero-order valence-corrected chi connectivity index (χ0v) is 10.2. The van der Waals surface area contributed by atoms with Crippen LogP contribution in [0, 0.1) is 21.4 Å². The number of nitrogens with one attached hydrogen (secondary N) is 1. The van der Waals surface area contributed by atoms with E-state index in [1.54, 1.807) is 4.68 Å². The number of nitrogens with zero attached hydrogens (tertiary/aromatic N) is 4. The second-order valence-electron chi connectivity index (χ2n) is 3.93. The summed E-state index contributed by atoms with van der Waals surface area (Å²) in [5, 5.41) is 26.8. The molecule has 0 saturated heterocycles. The third kappa shape index (κ3) is 2.87. The highest BCUT2D eigenvalue weighted by Crippen LogP contribution is 2.21. The van der Waals surface area contributed by atoms with Crippen molar-refractivity contribution in [2.24, 2.45) is 7.05 Å². The maximum absolute atomic E-state index is 10.6. The number of nitro benzene ring substituents is 1. The predicted octanol–water partition coefficient (Wildman–Crippen LogP) is 1.81. The van der Waals surface area contributed by atoms with Gasteiger partial charge in [0.05, 0.1) is 28.4 Å².